The van der Waals surface area contributed by atoms with Gasteiger partial charge in [0.2, 0.25) is 0 Å². The average Bonchev–Trinajstić information content (AvgIpc) is 3.24. The summed E-state index contributed by atoms with van der Waals surface area (Å²) in [5.41, 5.74) is 1.32. The van der Waals surface area contributed by atoms with Gasteiger partial charge in [-0.25, -0.2) is 4.68 Å². The first-order chi connectivity index (χ1) is 12.1. The number of likely N-dealkylation sites (tertiary alicyclic amines) is 1. The molecule has 1 aromatic carbocycles. The maximum absolute atomic E-state index is 12.5. The largest absolute Gasteiger partial charge is 0.496 e. The van der Waals surface area contributed by atoms with Crippen molar-refractivity contribution in [2.24, 2.45) is 5.92 Å². The van der Waals surface area contributed by atoms with Crippen molar-refractivity contribution in [1.82, 2.24) is 19.9 Å². The maximum atomic E-state index is 12.5. The summed E-state index contributed by atoms with van der Waals surface area (Å²) in [4.78, 5) is 24.9. The van der Waals surface area contributed by atoms with Gasteiger partial charge in [-0.3, -0.25) is 9.59 Å². The molecule has 0 saturated carbocycles. The molecule has 1 atom stereocenters. The van der Waals surface area contributed by atoms with Crippen molar-refractivity contribution in [3.8, 4) is 5.75 Å². The molecule has 1 amide bonds. The Morgan fingerprint density at radius 2 is 2.16 bits per heavy atom. The second-order valence-electron chi connectivity index (χ2n) is 6.12. The number of aliphatic carboxylic acids is 1. The van der Waals surface area contributed by atoms with Gasteiger partial charge in [0.25, 0.3) is 5.91 Å². The van der Waals surface area contributed by atoms with Crippen molar-refractivity contribution in [2.75, 3.05) is 20.2 Å². The lowest BCUT2D eigenvalue weighted by Gasteiger charge is -2.16. The number of aromatic nitrogens is 3. The lowest BCUT2D eigenvalue weighted by atomic mass is 9.98. The minimum atomic E-state index is -1.03. The minimum absolute atomic E-state index is 0.180. The first kappa shape index (κ1) is 16.9. The van der Waals surface area contributed by atoms with Gasteiger partial charge in [-0.05, 0) is 30.4 Å². The van der Waals surface area contributed by atoms with Crippen molar-refractivity contribution in [2.45, 2.75) is 19.4 Å². The minimum Gasteiger partial charge on any atom is -0.496 e. The topological polar surface area (TPSA) is 97.5 Å². The number of para-hydroxylation sites is 1. The molecule has 2 aromatic rings. The van der Waals surface area contributed by atoms with Gasteiger partial charge in [0, 0.05) is 13.1 Å². The summed E-state index contributed by atoms with van der Waals surface area (Å²) in [5, 5.41) is 16.2. The Morgan fingerprint density at radius 1 is 1.36 bits per heavy atom. The summed E-state index contributed by atoms with van der Waals surface area (Å²) in [6, 6.07) is 7.90. The maximum Gasteiger partial charge on any atom is 0.325 e. The Kier molecular flexibility index (Phi) is 4.97. The van der Waals surface area contributed by atoms with Crippen LogP contribution < -0.4 is 4.74 Å². The normalized spacial score (nSPS) is 16.8. The van der Waals surface area contributed by atoms with Crippen molar-refractivity contribution in [3.05, 3.63) is 41.7 Å². The highest BCUT2D eigenvalue weighted by Crippen LogP contribution is 2.26. The Balaban J connectivity index is 1.61. The second-order valence-corrected chi connectivity index (χ2v) is 6.12. The molecule has 1 aromatic heterocycles. The molecule has 8 heteroatoms. The van der Waals surface area contributed by atoms with Gasteiger partial charge in [0.05, 0.1) is 13.3 Å². The van der Waals surface area contributed by atoms with Crippen LogP contribution in [0.5, 0.6) is 5.75 Å². The van der Waals surface area contributed by atoms with Crippen molar-refractivity contribution in [1.29, 1.82) is 0 Å². The number of benzene rings is 1. The van der Waals surface area contributed by atoms with Crippen molar-refractivity contribution < 1.29 is 19.4 Å². The fraction of sp³-hybridized carbons (Fsp3) is 0.412. The van der Waals surface area contributed by atoms with Gasteiger partial charge >= 0.3 is 5.97 Å². The number of hydrogen-bond acceptors (Lipinski definition) is 5. The first-order valence-electron chi connectivity index (χ1n) is 8.10. The molecule has 1 unspecified atom stereocenters. The van der Waals surface area contributed by atoms with E-state index in [1.165, 1.54) is 6.20 Å². The number of nitrogens with zero attached hydrogens (tertiary/aromatic N) is 4. The number of ether oxygens (including phenoxy) is 1. The number of amides is 1. The molecule has 1 aliphatic rings. The highest BCUT2D eigenvalue weighted by molar-refractivity contribution is 5.92. The zero-order valence-electron chi connectivity index (χ0n) is 14.0. The number of carbonyl (C=O) groups is 2. The molecule has 0 spiro atoms. The molecule has 132 valence electrons. The van der Waals surface area contributed by atoms with Crippen LogP contribution in [-0.2, 0) is 17.8 Å². The summed E-state index contributed by atoms with van der Waals surface area (Å²) < 4.78 is 6.53. The predicted octanol–water partition coefficient (Wildman–Crippen LogP) is 1.08. The van der Waals surface area contributed by atoms with Crippen LogP contribution in [0.2, 0.25) is 0 Å². The van der Waals surface area contributed by atoms with E-state index in [1.807, 2.05) is 24.3 Å². The van der Waals surface area contributed by atoms with Crippen LogP contribution in [0.3, 0.4) is 0 Å². The van der Waals surface area contributed by atoms with E-state index in [0.29, 0.717) is 19.0 Å². The van der Waals surface area contributed by atoms with Gasteiger partial charge in [0.15, 0.2) is 5.69 Å². The van der Waals surface area contributed by atoms with E-state index in [4.69, 9.17) is 9.84 Å². The highest BCUT2D eigenvalue weighted by atomic mass is 16.5. The van der Waals surface area contributed by atoms with Crippen LogP contribution >= 0.6 is 0 Å². The third-order valence-electron chi connectivity index (χ3n) is 4.33. The molecule has 1 aliphatic heterocycles. The Bertz CT molecular complexity index is 774. The van der Waals surface area contributed by atoms with Gasteiger partial charge in [-0.1, -0.05) is 23.4 Å². The molecule has 3 rings (SSSR count). The zero-order valence-corrected chi connectivity index (χ0v) is 14.0. The monoisotopic (exact) mass is 344 g/mol. The van der Waals surface area contributed by atoms with Gasteiger partial charge < -0.3 is 14.7 Å². The summed E-state index contributed by atoms with van der Waals surface area (Å²) in [6.07, 6.45) is 3.14. The lowest BCUT2D eigenvalue weighted by Crippen LogP contribution is -2.29. The van der Waals surface area contributed by atoms with E-state index in [-0.39, 0.29) is 18.1 Å². The molecule has 0 aliphatic carbocycles. The van der Waals surface area contributed by atoms with Gasteiger partial charge in [-0.2, -0.15) is 0 Å². The van der Waals surface area contributed by atoms with E-state index in [0.717, 1.165) is 28.8 Å². The molecule has 0 bridgehead atoms. The van der Waals surface area contributed by atoms with E-state index in [2.05, 4.69) is 10.3 Å². The zero-order chi connectivity index (χ0) is 17.8. The summed E-state index contributed by atoms with van der Waals surface area (Å²) in [7, 11) is 1.66. The fourth-order valence-electron chi connectivity index (χ4n) is 3.14. The molecule has 1 N–H and O–H groups in total. The van der Waals surface area contributed by atoms with Crippen LogP contribution in [0.1, 0.15) is 22.5 Å². The molecule has 2 heterocycles. The second kappa shape index (κ2) is 7.33. The number of carboxylic acid groups (broad SMARTS) is 1. The van der Waals surface area contributed by atoms with Crippen LogP contribution in [0.4, 0.5) is 0 Å². The van der Waals surface area contributed by atoms with Crippen LogP contribution in [0, 0.1) is 5.92 Å². The summed E-state index contributed by atoms with van der Waals surface area (Å²) in [5.74, 6) is -0.0145. The quantitative estimate of drug-likeness (QED) is 0.842. The number of methoxy groups -OCH3 is 1. The third-order valence-corrected chi connectivity index (χ3v) is 4.33. The Hall–Kier alpha value is -2.90. The number of carboxylic acids is 1. The number of rotatable bonds is 6. The van der Waals surface area contributed by atoms with Crippen molar-refractivity contribution in [3.63, 3.8) is 0 Å². The summed E-state index contributed by atoms with van der Waals surface area (Å²) in [6.45, 7) is 0.990. The molecular formula is C17H20N4O4. The van der Waals surface area contributed by atoms with E-state index >= 15 is 0 Å². The molecule has 1 saturated heterocycles. The van der Waals surface area contributed by atoms with Gasteiger partial charge in [0.1, 0.15) is 12.3 Å². The number of carbonyl (C=O) groups excluding carboxylic acids is 1. The fourth-order valence-corrected chi connectivity index (χ4v) is 3.14. The standard InChI is InChI=1S/C17H20N4O4/c1-25-15-5-3-2-4-13(15)8-12-6-7-20(9-12)17(24)14-10-21(19-18-14)11-16(22)23/h2-5,10,12H,6-9,11H2,1H3,(H,22,23). The molecule has 0 radical (unpaired) electrons. The Morgan fingerprint density at radius 3 is 2.92 bits per heavy atom. The van der Waals surface area contributed by atoms with Crippen LogP contribution in [-0.4, -0.2) is 57.1 Å². The predicted molar refractivity (Wildman–Crippen MR) is 88.4 cm³/mol. The SMILES string of the molecule is COc1ccccc1CC1CCN(C(=O)c2cn(CC(=O)O)nn2)C1. The van der Waals surface area contributed by atoms with Crippen molar-refractivity contribution >= 4 is 11.9 Å². The van der Waals surface area contributed by atoms with E-state index < -0.39 is 5.97 Å². The first-order valence-corrected chi connectivity index (χ1v) is 8.10. The molecule has 1 fully saturated rings. The third kappa shape index (κ3) is 3.96. The molecule has 25 heavy (non-hydrogen) atoms. The lowest BCUT2D eigenvalue weighted by molar-refractivity contribution is -0.137. The molecule has 8 nitrogen and oxygen atoms in total. The van der Waals surface area contributed by atoms with E-state index in [9.17, 15) is 9.59 Å². The smallest absolute Gasteiger partial charge is 0.325 e. The molecular weight excluding hydrogens is 324 g/mol. The Labute approximate surface area is 145 Å². The van der Waals surface area contributed by atoms with Crippen LogP contribution in [0.25, 0.3) is 0 Å². The number of hydrogen-bond donors (Lipinski definition) is 1. The van der Waals surface area contributed by atoms with Crippen LogP contribution in [0.15, 0.2) is 30.5 Å². The average molecular weight is 344 g/mol. The van der Waals surface area contributed by atoms with E-state index in [1.54, 1.807) is 12.0 Å². The summed E-state index contributed by atoms with van der Waals surface area (Å²) >= 11 is 0. The highest BCUT2D eigenvalue weighted by Gasteiger charge is 2.29. The van der Waals surface area contributed by atoms with Gasteiger partial charge in [-0.15, -0.1) is 5.10 Å².